The monoisotopic (exact) mass is 1470 g/mol. The van der Waals surface area contributed by atoms with Crippen molar-refractivity contribution in [2.45, 2.75) is 190 Å². The molecule has 102 heavy (non-hydrogen) atoms. The van der Waals surface area contributed by atoms with Crippen molar-refractivity contribution in [2.75, 3.05) is 14.1 Å². The number of carbonyl (C=O) groups excluding carboxylic acids is 7. The first-order valence-corrected chi connectivity index (χ1v) is 37.4. The van der Waals surface area contributed by atoms with Crippen molar-refractivity contribution >= 4 is 86.9 Å². The normalized spacial score (nSPS) is 13.1. The van der Waals surface area contributed by atoms with Crippen molar-refractivity contribution in [1.29, 1.82) is 0 Å². The average Bonchev–Trinajstić information content (AvgIpc) is 1.57. The van der Waals surface area contributed by atoms with E-state index in [1.54, 1.807) is 65.1 Å². The highest BCUT2D eigenvalue weighted by Crippen LogP contribution is 2.27. The molecule has 4 aromatic heterocycles. The molecule has 0 aliphatic heterocycles. The van der Waals surface area contributed by atoms with E-state index in [-0.39, 0.29) is 113 Å². The van der Waals surface area contributed by atoms with Gasteiger partial charge in [-0.2, -0.15) is 0 Å². The molecule has 8 aromatic rings. The Morgan fingerprint density at radius 2 is 0.843 bits per heavy atom. The number of alkyl carbamates (subject to hydrolysis) is 2. The summed E-state index contributed by atoms with van der Waals surface area (Å²) in [5, 5.41) is 29.2. The van der Waals surface area contributed by atoms with E-state index in [1.807, 2.05) is 160 Å². The largest absolute Gasteiger partial charge is 0.444 e. The van der Waals surface area contributed by atoms with Crippen LogP contribution in [0.4, 0.5) is 19.2 Å². The number of benzene rings is 4. The molecule has 0 aliphatic rings. The number of rotatable bonds is 36. The summed E-state index contributed by atoms with van der Waals surface area (Å²) in [7, 11) is 3.38. The predicted molar refractivity (Wildman–Crippen MR) is 409 cm³/mol. The lowest BCUT2D eigenvalue weighted by molar-refractivity contribution is -0.125. The summed E-state index contributed by atoms with van der Waals surface area (Å²) in [6.07, 6.45) is 3.12. The molecule has 0 unspecified atom stereocenters. The number of hydrogen-bond acceptors (Lipinski definition) is 18. The van der Waals surface area contributed by atoms with Crippen LogP contribution >= 0.6 is 45.3 Å². The Hall–Kier alpha value is -8.55. The number of ketones is 3. The minimum absolute atomic E-state index is 0. The predicted octanol–water partition coefficient (Wildman–Crippen LogP) is 15.5. The average molecular weight is 1470 g/mol. The number of carbonyl (C=O) groups is 7. The lowest BCUT2D eigenvalue weighted by Gasteiger charge is -2.29. The number of aromatic nitrogens is 4. The zero-order valence-corrected chi connectivity index (χ0v) is 62.1. The van der Waals surface area contributed by atoms with Crippen LogP contribution in [0.25, 0.3) is 0 Å². The van der Waals surface area contributed by atoms with Gasteiger partial charge in [-0.3, -0.25) is 24.4 Å². The molecule has 4 aromatic carbocycles. The van der Waals surface area contributed by atoms with Crippen molar-refractivity contribution in [2.24, 2.45) is 23.7 Å². The first-order chi connectivity index (χ1) is 48.0. The van der Waals surface area contributed by atoms with E-state index in [9.17, 15) is 38.7 Å². The third kappa shape index (κ3) is 28.7. The zero-order valence-electron chi connectivity index (χ0n) is 58.8. The Morgan fingerprint density at radius 1 is 0.471 bits per heavy atom. The van der Waals surface area contributed by atoms with E-state index in [2.05, 4.69) is 68.9 Å². The van der Waals surface area contributed by atoms with Crippen LogP contribution in [-0.2, 0) is 75.8 Å². The summed E-state index contributed by atoms with van der Waals surface area (Å²) >= 11 is 5.91. The topological polar surface area (TPSA) is 264 Å². The Balaban J connectivity index is 0.000000360. The van der Waals surface area contributed by atoms with Crippen LogP contribution in [0.2, 0.25) is 0 Å². The van der Waals surface area contributed by atoms with Gasteiger partial charge in [-0.25, -0.2) is 29.1 Å². The van der Waals surface area contributed by atoms with Crippen molar-refractivity contribution in [1.82, 2.24) is 51.0 Å². The van der Waals surface area contributed by atoms with Gasteiger partial charge in [0, 0.05) is 68.3 Å². The fourth-order valence-corrected chi connectivity index (χ4v) is 14.0. The third-order valence-electron chi connectivity index (χ3n) is 16.7. The number of nitrogens with one attached hydrogen (secondary N) is 4. The Morgan fingerprint density at radius 3 is 1.23 bits per heavy atom. The molecule has 0 aliphatic carbocycles. The minimum atomic E-state index is -0.986. The van der Waals surface area contributed by atoms with Crippen LogP contribution in [0.15, 0.2) is 156 Å². The maximum atomic E-state index is 14.0. The lowest BCUT2D eigenvalue weighted by atomic mass is 9.84. The molecule has 20 nitrogen and oxygen atoms in total. The number of amides is 6. The standard InChI is InChI=1S/C38H49N5O5S2.C38H47N5O5S2.2CH4/c2*1-25(2)35(42-37(46)43(5)21-30-23-49-36(40-30)26(3)4)34(45)19-29(16-27-12-8-6-9-13-27)18-33(44)32(17-28-14-10-7-11-15-28)41-38(47)48-22-31-20-39-24-50-31;;/h6-15,20,23-26,29,32-33,35,44H,16-19,21-22H2,1-5H3,(H,41,47)(H,42,46);6-15,20,23-26,29,32,35H,16-19,21-22H2,1-5H3,(H,41,47)(H,42,46);2*1H4/t29-,32-,33-,35-;29-,32-,35-;;/m00../s1. The molecule has 8 rings (SSSR count). The smallest absolute Gasteiger partial charge is 0.408 e. The highest BCUT2D eigenvalue weighted by molar-refractivity contribution is 7.10. The van der Waals surface area contributed by atoms with Crippen molar-refractivity contribution in [3.8, 4) is 0 Å². The van der Waals surface area contributed by atoms with Crippen LogP contribution < -0.4 is 21.3 Å². The molecule has 5 N–H and O–H groups in total. The molecule has 0 saturated carbocycles. The molecule has 0 radical (unpaired) electrons. The number of thiazole rings is 4. The van der Waals surface area contributed by atoms with Gasteiger partial charge >= 0.3 is 24.2 Å². The van der Waals surface area contributed by atoms with E-state index in [0.29, 0.717) is 44.2 Å². The quantitative estimate of drug-likeness (QED) is 0.0245. The highest BCUT2D eigenvalue weighted by Gasteiger charge is 2.34. The molecule has 24 heteroatoms. The molecular weight excluding hydrogens is 1370 g/mol. The van der Waals surface area contributed by atoms with Crippen molar-refractivity contribution in [3.05, 3.63) is 209 Å². The molecule has 0 bridgehead atoms. The summed E-state index contributed by atoms with van der Waals surface area (Å²) in [5.41, 5.74) is 8.79. The molecule has 4 heterocycles. The Labute approximate surface area is 618 Å². The van der Waals surface area contributed by atoms with E-state index >= 15 is 0 Å². The number of Topliss-reactive ketones (excluding diaryl/α,β-unsaturated/α-hetero) is 3. The Kier molecular flexibility index (Phi) is 35.8. The van der Waals surface area contributed by atoms with Gasteiger partial charge in [-0.1, -0.05) is 192 Å². The molecule has 6 amide bonds. The molecule has 0 spiro atoms. The summed E-state index contributed by atoms with van der Waals surface area (Å²) in [4.78, 5) is 116. The number of urea groups is 2. The maximum absolute atomic E-state index is 14.0. The molecule has 0 fully saturated rings. The summed E-state index contributed by atoms with van der Waals surface area (Å²) in [6.45, 7) is 16.7. The minimum Gasteiger partial charge on any atom is -0.444 e. The van der Waals surface area contributed by atoms with Crippen LogP contribution in [0.1, 0.15) is 161 Å². The van der Waals surface area contributed by atoms with Gasteiger partial charge in [0.1, 0.15) is 13.2 Å². The van der Waals surface area contributed by atoms with Gasteiger partial charge in [0.2, 0.25) is 0 Å². The van der Waals surface area contributed by atoms with Gasteiger partial charge in [0.15, 0.2) is 17.3 Å². The number of aliphatic hydroxyl groups is 1. The van der Waals surface area contributed by atoms with Gasteiger partial charge in [-0.05, 0) is 78.0 Å². The van der Waals surface area contributed by atoms with Gasteiger partial charge < -0.3 is 45.6 Å². The number of ether oxygens (including phenoxy) is 2. The van der Waals surface area contributed by atoms with E-state index < -0.39 is 42.5 Å². The second kappa shape index (κ2) is 43.4. The van der Waals surface area contributed by atoms with Crippen LogP contribution in [0, 0.1) is 23.7 Å². The number of nitrogens with zero attached hydrogens (tertiary/aromatic N) is 6. The van der Waals surface area contributed by atoms with Gasteiger partial charge in [0.25, 0.3) is 0 Å². The second-order valence-corrected chi connectivity index (χ2v) is 30.3. The fraction of sp³-hybridized carbons (Fsp3) is 0.449. The zero-order chi connectivity index (χ0) is 72.1. The van der Waals surface area contributed by atoms with Crippen LogP contribution in [0.5, 0.6) is 0 Å². The first kappa shape index (κ1) is 84.1. The van der Waals surface area contributed by atoms with Crippen molar-refractivity contribution < 1.29 is 48.1 Å². The Bertz CT molecular complexity index is 3770. The molecule has 0 saturated heterocycles. The third-order valence-corrected chi connectivity index (χ3v) is 20.6. The number of hydrogen-bond donors (Lipinski definition) is 5. The number of aliphatic hydroxyl groups excluding tert-OH is 1. The van der Waals surface area contributed by atoms with E-state index in [4.69, 9.17) is 9.47 Å². The summed E-state index contributed by atoms with van der Waals surface area (Å²) < 4.78 is 10.8. The second-order valence-electron chi connectivity index (χ2n) is 26.6. The molecule has 550 valence electrons. The summed E-state index contributed by atoms with van der Waals surface area (Å²) in [5.74, 6) is -0.824. The van der Waals surface area contributed by atoms with Crippen molar-refractivity contribution in [3.63, 3.8) is 0 Å². The van der Waals surface area contributed by atoms with Gasteiger partial charge in [0.05, 0.1) is 85.5 Å². The van der Waals surface area contributed by atoms with Crippen LogP contribution in [-0.4, -0.2) is 121 Å². The van der Waals surface area contributed by atoms with E-state index in [1.165, 1.54) is 27.6 Å². The maximum Gasteiger partial charge on any atom is 0.408 e. The molecular formula is C78H104N10O10S4. The van der Waals surface area contributed by atoms with E-state index in [0.717, 1.165) is 53.4 Å². The fourth-order valence-electron chi connectivity index (χ4n) is 11.3. The van der Waals surface area contributed by atoms with Gasteiger partial charge in [-0.15, -0.1) is 45.3 Å². The molecule has 7 atom stereocenters. The SMILES string of the molecule is C.C.CC(C)c1nc(CN(C)C(=O)N[C@H](C(=O)C[C@@H](Cc2ccccc2)C[C@H](O)[C@H](Cc2ccccc2)NC(=O)OCc2cncs2)C(C)C)cs1.CC(C)c1nc(CN(C)C(=O)N[C@H](C(=O)C[C@H](CC(=O)[C@H](Cc2ccccc2)NC(=O)OCc2cncs2)Cc2ccccc2)C(C)C)cs1. The lowest BCUT2D eigenvalue weighted by Crippen LogP contribution is -2.49. The highest BCUT2D eigenvalue weighted by atomic mass is 32.1. The van der Waals surface area contributed by atoms with Crippen LogP contribution in [0.3, 0.4) is 0 Å². The summed E-state index contributed by atoms with van der Waals surface area (Å²) in [6, 6.07) is 34.9. The first-order valence-electron chi connectivity index (χ1n) is 33.9.